The Kier molecular flexibility index (Phi) is 6.64. The SMILES string of the molecule is Cc1c(C2CCN(S(=O)(=O)c3ccc4c(c3)CCCC4)CC2)c2ccccc2n1Cc1ccc(Cl)cc1. The van der Waals surface area contributed by atoms with Gasteiger partial charge in [-0.25, -0.2) is 8.42 Å². The number of benzene rings is 3. The molecule has 0 N–H and O–H groups in total. The zero-order chi connectivity index (χ0) is 25.6. The predicted molar refractivity (Wildman–Crippen MR) is 151 cm³/mol. The standard InChI is InChI=1S/C31H33ClN2O2S/c1-22-31(29-8-4-5-9-30(29)34(22)21-23-10-13-27(32)14-11-23)25-16-18-33(19-17-25)37(35,36)28-15-12-24-6-2-3-7-26(24)20-28/h4-5,8-15,20,25H,2-3,6-7,16-19,21H2,1H3. The molecule has 2 aliphatic rings. The molecule has 0 bridgehead atoms. The van der Waals surface area contributed by atoms with Gasteiger partial charge >= 0.3 is 0 Å². The van der Waals surface area contributed by atoms with E-state index in [4.69, 9.17) is 11.6 Å². The maximum Gasteiger partial charge on any atom is 0.243 e. The van der Waals surface area contributed by atoms with Gasteiger partial charge in [-0.3, -0.25) is 0 Å². The lowest BCUT2D eigenvalue weighted by atomic mass is 9.88. The summed E-state index contributed by atoms with van der Waals surface area (Å²) in [6.07, 6.45) is 6.06. The minimum Gasteiger partial charge on any atom is -0.340 e. The number of nitrogens with zero attached hydrogens (tertiary/aromatic N) is 2. The van der Waals surface area contributed by atoms with Crippen molar-refractivity contribution in [3.8, 4) is 0 Å². The first-order valence-electron chi connectivity index (χ1n) is 13.4. The molecule has 192 valence electrons. The first kappa shape index (κ1) is 24.7. The van der Waals surface area contributed by atoms with Crippen molar-refractivity contribution >= 4 is 32.5 Å². The van der Waals surface area contributed by atoms with Gasteiger partial charge < -0.3 is 4.57 Å². The summed E-state index contributed by atoms with van der Waals surface area (Å²) in [5, 5.41) is 2.03. The van der Waals surface area contributed by atoms with Gasteiger partial charge in [0.15, 0.2) is 0 Å². The molecule has 2 heterocycles. The second kappa shape index (κ2) is 9.94. The molecule has 3 aromatic carbocycles. The van der Waals surface area contributed by atoms with Crippen molar-refractivity contribution in [2.24, 2.45) is 0 Å². The number of aromatic nitrogens is 1. The van der Waals surface area contributed by atoms with Gasteiger partial charge in [0.05, 0.1) is 4.90 Å². The number of hydrogen-bond donors (Lipinski definition) is 0. The van der Waals surface area contributed by atoms with E-state index in [-0.39, 0.29) is 0 Å². The Hall–Kier alpha value is -2.60. The van der Waals surface area contributed by atoms with Gasteiger partial charge in [-0.1, -0.05) is 48.0 Å². The summed E-state index contributed by atoms with van der Waals surface area (Å²) < 4.78 is 31.2. The lowest BCUT2D eigenvalue weighted by molar-refractivity contribution is 0.319. The smallest absolute Gasteiger partial charge is 0.243 e. The third-order valence-electron chi connectivity index (χ3n) is 8.35. The van der Waals surface area contributed by atoms with Crippen molar-refractivity contribution in [3.05, 3.63) is 99.7 Å². The first-order valence-corrected chi connectivity index (χ1v) is 15.2. The van der Waals surface area contributed by atoms with Gasteiger partial charge in [0.2, 0.25) is 10.0 Å². The molecule has 0 radical (unpaired) electrons. The molecule has 0 saturated carbocycles. The Morgan fingerprint density at radius 2 is 1.59 bits per heavy atom. The Bertz CT molecular complexity index is 1550. The van der Waals surface area contributed by atoms with Crippen LogP contribution in [0.5, 0.6) is 0 Å². The highest BCUT2D eigenvalue weighted by molar-refractivity contribution is 7.89. The van der Waals surface area contributed by atoms with E-state index >= 15 is 0 Å². The number of para-hydroxylation sites is 1. The van der Waals surface area contributed by atoms with E-state index in [9.17, 15) is 8.42 Å². The Morgan fingerprint density at radius 3 is 2.35 bits per heavy atom. The van der Waals surface area contributed by atoms with Crippen LogP contribution < -0.4 is 0 Å². The van der Waals surface area contributed by atoms with E-state index < -0.39 is 10.0 Å². The van der Waals surface area contributed by atoms with Crippen molar-refractivity contribution in [1.82, 2.24) is 8.87 Å². The van der Waals surface area contributed by atoms with Gasteiger partial charge in [0, 0.05) is 41.3 Å². The number of hydrogen-bond acceptors (Lipinski definition) is 2. The van der Waals surface area contributed by atoms with E-state index in [2.05, 4.69) is 47.9 Å². The average molecular weight is 533 g/mol. The van der Waals surface area contributed by atoms with Gasteiger partial charge in [-0.05, 0) is 104 Å². The van der Waals surface area contributed by atoms with Crippen molar-refractivity contribution in [2.45, 2.75) is 62.8 Å². The average Bonchev–Trinajstić information content (AvgIpc) is 3.20. The minimum atomic E-state index is -3.48. The van der Waals surface area contributed by atoms with Crippen molar-refractivity contribution in [3.63, 3.8) is 0 Å². The molecule has 0 spiro atoms. The lowest BCUT2D eigenvalue weighted by Gasteiger charge is -2.32. The lowest BCUT2D eigenvalue weighted by Crippen LogP contribution is -2.38. The van der Waals surface area contributed by atoms with E-state index in [1.54, 1.807) is 4.31 Å². The normalized spacial score (nSPS) is 17.2. The van der Waals surface area contributed by atoms with E-state index in [1.807, 2.05) is 30.3 Å². The Balaban J connectivity index is 1.25. The molecule has 6 rings (SSSR count). The third-order valence-corrected chi connectivity index (χ3v) is 10.5. The highest BCUT2D eigenvalue weighted by Crippen LogP contribution is 2.39. The van der Waals surface area contributed by atoms with Crippen LogP contribution in [0.2, 0.25) is 5.02 Å². The van der Waals surface area contributed by atoms with Gasteiger partial charge in [0.25, 0.3) is 0 Å². The van der Waals surface area contributed by atoms with Crippen LogP contribution in [0.3, 0.4) is 0 Å². The first-order chi connectivity index (χ1) is 17.9. The highest BCUT2D eigenvalue weighted by Gasteiger charge is 2.32. The Labute approximate surface area is 224 Å². The van der Waals surface area contributed by atoms with E-state index in [0.29, 0.717) is 23.9 Å². The van der Waals surface area contributed by atoms with Gasteiger partial charge in [-0.15, -0.1) is 0 Å². The topological polar surface area (TPSA) is 42.3 Å². The second-order valence-electron chi connectivity index (χ2n) is 10.5. The Morgan fingerprint density at radius 1 is 0.892 bits per heavy atom. The molecular formula is C31H33ClN2O2S. The third kappa shape index (κ3) is 4.62. The van der Waals surface area contributed by atoms with Gasteiger partial charge in [-0.2, -0.15) is 4.31 Å². The number of fused-ring (bicyclic) bond motifs is 2. The van der Waals surface area contributed by atoms with Crippen LogP contribution in [0.25, 0.3) is 10.9 Å². The maximum absolute atomic E-state index is 13.5. The summed E-state index contributed by atoms with van der Waals surface area (Å²) in [4.78, 5) is 0.461. The van der Waals surface area contributed by atoms with Crippen LogP contribution in [0.4, 0.5) is 0 Å². The van der Waals surface area contributed by atoms with Crippen molar-refractivity contribution < 1.29 is 8.42 Å². The zero-order valence-corrected chi connectivity index (χ0v) is 22.9. The molecule has 1 saturated heterocycles. The van der Waals surface area contributed by atoms with Crippen LogP contribution in [0.15, 0.2) is 71.6 Å². The molecule has 4 aromatic rings. The summed E-state index contributed by atoms with van der Waals surface area (Å²) in [5.74, 6) is 0.339. The second-order valence-corrected chi connectivity index (χ2v) is 12.9. The highest BCUT2D eigenvalue weighted by atomic mass is 35.5. The summed E-state index contributed by atoms with van der Waals surface area (Å²) in [6, 6.07) is 22.4. The van der Waals surface area contributed by atoms with Crippen molar-refractivity contribution in [2.75, 3.05) is 13.1 Å². The van der Waals surface area contributed by atoms with Gasteiger partial charge in [0.1, 0.15) is 0 Å². The molecule has 1 fully saturated rings. The largest absolute Gasteiger partial charge is 0.340 e. The summed E-state index contributed by atoms with van der Waals surface area (Å²) in [6.45, 7) is 4.11. The van der Waals surface area contributed by atoms with Crippen LogP contribution in [-0.2, 0) is 29.4 Å². The van der Waals surface area contributed by atoms with Crippen LogP contribution in [-0.4, -0.2) is 30.4 Å². The fraction of sp³-hybridized carbons (Fsp3) is 0.355. The molecule has 1 aliphatic heterocycles. The molecular weight excluding hydrogens is 500 g/mol. The van der Waals surface area contributed by atoms with Crippen molar-refractivity contribution in [1.29, 1.82) is 0 Å². The number of rotatable bonds is 5. The summed E-state index contributed by atoms with van der Waals surface area (Å²) >= 11 is 6.11. The monoisotopic (exact) mass is 532 g/mol. The molecule has 0 amide bonds. The molecule has 6 heteroatoms. The number of piperidine rings is 1. The molecule has 37 heavy (non-hydrogen) atoms. The van der Waals surface area contributed by atoms with Crippen LogP contribution in [0, 0.1) is 6.92 Å². The number of aryl methyl sites for hydroxylation is 2. The summed E-state index contributed by atoms with van der Waals surface area (Å²) in [7, 11) is -3.48. The van der Waals surface area contributed by atoms with Crippen LogP contribution >= 0.6 is 11.6 Å². The quantitative estimate of drug-likeness (QED) is 0.275. The molecule has 1 aromatic heterocycles. The van der Waals surface area contributed by atoms with E-state index in [0.717, 1.165) is 43.7 Å². The fourth-order valence-electron chi connectivity index (χ4n) is 6.35. The molecule has 4 nitrogen and oxygen atoms in total. The van der Waals surface area contributed by atoms with Crippen LogP contribution in [0.1, 0.15) is 59.5 Å². The minimum absolute atomic E-state index is 0.339. The predicted octanol–water partition coefficient (Wildman–Crippen LogP) is 7.10. The zero-order valence-electron chi connectivity index (χ0n) is 21.3. The van der Waals surface area contributed by atoms with E-state index in [1.165, 1.54) is 45.3 Å². The maximum atomic E-state index is 13.5. The molecule has 0 unspecified atom stereocenters. The summed E-state index contributed by atoms with van der Waals surface area (Å²) in [5.41, 5.74) is 7.61. The number of halogens is 1. The molecule has 0 atom stereocenters. The fourth-order valence-corrected chi connectivity index (χ4v) is 8.00. The number of sulfonamides is 1. The molecule has 1 aliphatic carbocycles.